The fraction of sp³-hybridized carbons (Fsp3) is 0.800. The van der Waals surface area contributed by atoms with E-state index >= 15 is 0 Å². The topological polar surface area (TPSA) is 49.7 Å². The van der Waals surface area contributed by atoms with Crippen molar-refractivity contribution in [1.82, 2.24) is 0 Å². The number of hydrogen-bond donors (Lipinski definition) is 2. The lowest BCUT2D eigenvalue weighted by Gasteiger charge is -2.56. The Morgan fingerprint density at radius 2 is 1.96 bits per heavy atom. The third-order valence-electron chi connectivity index (χ3n) is 7.61. The molecule has 0 aliphatic heterocycles. The van der Waals surface area contributed by atoms with Crippen LogP contribution < -0.4 is 0 Å². The number of allylic oxidation sites excluding steroid dienone is 2. The molecule has 0 bridgehead atoms. The predicted octanol–water partition coefficient (Wildman–Crippen LogP) is 3.57. The molecular weight excluding hydrogens is 288 g/mol. The van der Waals surface area contributed by atoms with Gasteiger partial charge in [0.25, 0.3) is 0 Å². The Hall–Kier alpha value is -0.640. The van der Waals surface area contributed by atoms with E-state index in [1.54, 1.807) is 17.2 Å². The van der Waals surface area contributed by atoms with Crippen molar-refractivity contribution in [2.24, 2.45) is 22.7 Å². The van der Waals surface area contributed by atoms with Crippen LogP contribution in [0.5, 0.6) is 0 Å². The molecule has 128 valence electrons. The Balaban J connectivity index is 1.83. The van der Waals surface area contributed by atoms with E-state index < -0.39 is 5.79 Å². The number of hydrogen-bond acceptors (Lipinski definition) is 3. The zero-order valence-electron chi connectivity index (χ0n) is 14.6. The van der Waals surface area contributed by atoms with E-state index in [-0.39, 0.29) is 17.4 Å². The zero-order chi connectivity index (χ0) is 16.5. The van der Waals surface area contributed by atoms with Gasteiger partial charge in [-0.15, -0.1) is 0 Å². The van der Waals surface area contributed by atoms with Crippen molar-refractivity contribution in [2.75, 3.05) is 7.11 Å². The van der Waals surface area contributed by atoms with Crippen molar-refractivity contribution in [3.63, 3.8) is 0 Å². The van der Waals surface area contributed by atoms with Crippen molar-refractivity contribution in [1.29, 1.82) is 0 Å². The van der Waals surface area contributed by atoms with E-state index in [2.05, 4.69) is 19.9 Å². The minimum atomic E-state index is -1.65. The first-order valence-electron chi connectivity index (χ1n) is 9.20. The summed E-state index contributed by atoms with van der Waals surface area (Å²) in [5.41, 5.74) is 3.68. The standard InChI is InChI=1S/C20H30O3/c1-18-7-4-5-14(18)17-15(6-8-18)19(2)9-10-20(21,22)12-13(19)11-16(17)23-3/h9-10,13,15-16,21-22H,4-8,11-12H2,1-3H3/t13-,15+,16+,18+,19+/m1/s1. The van der Waals surface area contributed by atoms with Gasteiger partial charge < -0.3 is 14.9 Å². The Kier molecular flexibility index (Phi) is 3.40. The van der Waals surface area contributed by atoms with Crippen LogP contribution in [0, 0.1) is 22.7 Å². The van der Waals surface area contributed by atoms with Crippen LogP contribution in [0.2, 0.25) is 0 Å². The molecule has 23 heavy (non-hydrogen) atoms. The summed E-state index contributed by atoms with van der Waals surface area (Å²) in [6.07, 6.45) is 11.6. The Morgan fingerprint density at radius 1 is 1.17 bits per heavy atom. The summed E-state index contributed by atoms with van der Waals surface area (Å²) in [5, 5.41) is 20.2. The van der Waals surface area contributed by atoms with E-state index in [0.29, 0.717) is 17.8 Å². The Bertz CT molecular complexity index is 575. The Labute approximate surface area is 139 Å². The molecular formula is C20H30O3. The lowest BCUT2D eigenvalue weighted by molar-refractivity contribution is -0.158. The van der Waals surface area contributed by atoms with Gasteiger partial charge in [0.1, 0.15) is 0 Å². The minimum absolute atomic E-state index is 0.0379. The maximum atomic E-state index is 10.1. The maximum absolute atomic E-state index is 10.1. The van der Waals surface area contributed by atoms with Crippen LogP contribution in [-0.2, 0) is 4.74 Å². The fourth-order valence-corrected chi connectivity index (χ4v) is 6.22. The maximum Gasteiger partial charge on any atom is 0.182 e. The van der Waals surface area contributed by atoms with Gasteiger partial charge in [0, 0.05) is 13.5 Å². The molecule has 4 aliphatic rings. The third kappa shape index (κ3) is 2.20. The predicted molar refractivity (Wildman–Crippen MR) is 89.6 cm³/mol. The van der Waals surface area contributed by atoms with Crippen LogP contribution in [0.25, 0.3) is 0 Å². The summed E-state index contributed by atoms with van der Waals surface area (Å²) < 4.78 is 5.93. The average Bonchev–Trinajstić information content (AvgIpc) is 2.89. The summed E-state index contributed by atoms with van der Waals surface area (Å²) in [6, 6.07) is 0. The van der Waals surface area contributed by atoms with Gasteiger partial charge in [-0.3, -0.25) is 0 Å². The summed E-state index contributed by atoms with van der Waals surface area (Å²) >= 11 is 0. The SMILES string of the molecule is CO[C@H]1C[C@@H]2CC(O)(O)C=C[C@]2(C)[C@H]2CC[C@]3(C)CCCC3=C12. The molecule has 4 aliphatic carbocycles. The molecule has 0 spiro atoms. The molecule has 4 rings (SSSR count). The largest absolute Gasteiger partial charge is 0.377 e. The van der Waals surface area contributed by atoms with E-state index in [9.17, 15) is 10.2 Å². The second-order valence-corrected chi connectivity index (χ2v) is 8.88. The molecule has 0 aromatic rings. The summed E-state index contributed by atoms with van der Waals surface area (Å²) in [4.78, 5) is 0. The zero-order valence-corrected chi connectivity index (χ0v) is 14.6. The molecule has 0 amide bonds. The molecule has 2 N–H and O–H groups in total. The number of fused-ring (bicyclic) bond motifs is 4. The summed E-state index contributed by atoms with van der Waals surface area (Å²) in [7, 11) is 1.82. The minimum Gasteiger partial charge on any atom is -0.377 e. The number of rotatable bonds is 1. The molecule has 0 unspecified atom stereocenters. The highest BCUT2D eigenvalue weighted by Gasteiger charge is 2.56. The second kappa shape index (κ2) is 4.93. The van der Waals surface area contributed by atoms with Crippen LogP contribution >= 0.6 is 0 Å². The highest BCUT2D eigenvalue weighted by molar-refractivity contribution is 5.38. The quantitative estimate of drug-likeness (QED) is 0.574. The van der Waals surface area contributed by atoms with Gasteiger partial charge in [0.05, 0.1) is 6.10 Å². The van der Waals surface area contributed by atoms with E-state index in [0.717, 1.165) is 6.42 Å². The lowest BCUT2D eigenvalue weighted by atomic mass is 9.50. The van der Waals surface area contributed by atoms with E-state index in [1.165, 1.54) is 32.1 Å². The first-order valence-corrected chi connectivity index (χ1v) is 9.20. The van der Waals surface area contributed by atoms with Crippen molar-refractivity contribution >= 4 is 0 Å². The van der Waals surface area contributed by atoms with Crippen molar-refractivity contribution in [3.8, 4) is 0 Å². The number of ether oxygens (including phenoxy) is 1. The molecule has 2 saturated carbocycles. The summed E-state index contributed by atoms with van der Waals surface area (Å²) in [5.74, 6) is -0.879. The molecule has 0 aromatic heterocycles. The monoisotopic (exact) mass is 318 g/mol. The molecule has 0 aromatic carbocycles. The first kappa shape index (κ1) is 15.9. The first-order chi connectivity index (χ1) is 10.8. The smallest absolute Gasteiger partial charge is 0.182 e. The van der Waals surface area contributed by atoms with Gasteiger partial charge in [0.2, 0.25) is 0 Å². The van der Waals surface area contributed by atoms with Crippen molar-refractivity contribution in [2.45, 2.75) is 70.7 Å². The molecule has 3 heteroatoms. The number of aliphatic hydroxyl groups is 2. The highest BCUT2D eigenvalue weighted by atomic mass is 16.5. The summed E-state index contributed by atoms with van der Waals surface area (Å²) in [6.45, 7) is 4.78. The lowest BCUT2D eigenvalue weighted by Crippen LogP contribution is -2.52. The fourth-order valence-electron chi connectivity index (χ4n) is 6.22. The molecule has 3 nitrogen and oxygen atoms in total. The molecule has 0 radical (unpaired) electrons. The van der Waals surface area contributed by atoms with Crippen LogP contribution in [0.4, 0.5) is 0 Å². The van der Waals surface area contributed by atoms with Crippen LogP contribution in [0.1, 0.15) is 58.8 Å². The molecule has 0 heterocycles. The molecule has 5 atom stereocenters. The van der Waals surface area contributed by atoms with Crippen molar-refractivity contribution < 1.29 is 14.9 Å². The van der Waals surface area contributed by atoms with E-state index in [1.807, 2.05) is 7.11 Å². The normalized spacial score (nSPS) is 48.0. The Morgan fingerprint density at radius 3 is 2.70 bits per heavy atom. The van der Waals surface area contributed by atoms with Gasteiger partial charge in [-0.25, -0.2) is 0 Å². The molecule has 2 fully saturated rings. The van der Waals surface area contributed by atoms with Gasteiger partial charge in [0.15, 0.2) is 5.79 Å². The van der Waals surface area contributed by atoms with Crippen LogP contribution in [-0.4, -0.2) is 29.2 Å². The van der Waals surface area contributed by atoms with Crippen molar-refractivity contribution in [3.05, 3.63) is 23.3 Å². The average molecular weight is 318 g/mol. The van der Waals surface area contributed by atoms with Gasteiger partial charge in [-0.1, -0.05) is 25.5 Å². The van der Waals surface area contributed by atoms with Crippen LogP contribution in [0.3, 0.4) is 0 Å². The van der Waals surface area contributed by atoms with Gasteiger partial charge >= 0.3 is 0 Å². The van der Waals surface area contributed by atoms with Gasteiger partial charge in [-0.2, -0.15) is 0 Å². The van der Waals surface area contributed by atoms with Crippen LogP contribution in [0.15, 0.2) is 23.3 Å². The highest BCUT2D eigenvalue weighted by Crippen LogP contribution is 2.63. The number of methoxy groups -OCH3 is 1. The molecule has 0 saturated heterocycles. The third-order valence-corrected chi connectivity index (χ3v) is 7.61. The second-order valence-electron chi connectivity index (χ2n) is 8.88. The van der Waals surface area contributed by atoms with E-state index in [4.69, 9.17) is 4.74 Å². The van der Waals surface area contributed by atoms with Gasteiger partial charge in [-0.05, 0) is 72.8 Å².